The maximum atomic E-state index is 12.2. The van der Waals surface area contributed by atoms with Gasteiger partial charge in [0.2, 0.25) is 5.91 Å². The van der Waals surface area contributed by atoms with Crippen molar-refractivity contribution in [3.05, 3.63) is 29.6 Å². The molecule has 1 aromatic rings. The van der Waals surface area contributed by atoms with E-state index in [1.165, 1.54) is 25.7 Å². The summed E-state index contributed by atoms with van der Waals surface area (Å²) in [4.78, 5) is 19.2. The average molecular weight is 303 g/mol. The summed E-state index contributed by atoms with van der Waals surface area (Å²) >= 11 is 0. The second-order valence-electron chi connectivity index (χ2n) is 6.24. The Hall–Kier alpha value is -1.42. The van der Waals surface area contributed by atoms with Crippen molar-refractivity contribution in [2.24, 2.45) is 0 Å². The van der Waals surface area contributed by atoms with Gasteiger partial charge < -0.3 is 10.2 Å². The van der Waals surface area contributed by atoms with Crippen molar-refractivity contribution in [2.45, 2.75) is 58.4 Å². The van der Waals surface area contributed by atoms with Crippen LogP contribution in [0.3, 0.4) is 0 Å². The molecule has 1 fully saturated rings. The minimum Gasteiger partial charge on any atom is -0.348 e. The topological polar surface area (TPSA) is 45.2 Å². The zero-order valence-electron chi connectivity index (χ0n) is 14.0. The van der Waals surface area contributed by atoms with Crippen LogP contribution in [-0.2, 0) is 4.79 Å². The molecular formula is C18H29N3O. The normalized spacial score (nSPS) is 17.7. The molecule has 1 amide bonds. The highest BCUT2D eigenvalue weighted by Crippen LogP contribution is 2.15. The van der Waals surface area contributed by atoms with Gasteiger partial charge in [0.15, 0.2) is 0 Å². The van der Waals surface area contributed by atoms with Gasteiger partial charge in [-0.05, 0) is 51.4 Å². The first kappa shape index (κ1) is 16.9. The maximum Gasteiger partial charge on any atom is 0.221 e. The van der Waals surface area contributed by atoms with Crippen LogP contribution in [-0.4, -0.2) is 35.4 Å². The molecule has 0 radical (unpaired) electrons. The van der Waals surface area contributed by atoms with Gasteiger partial charge in [-0.2, -0.15) is 0 Å². The molecule has 1 aromatic heterocycles. The van der Waals surface area contributed by atoms with Crippen LogP contribution in [0.15, 0.2) is 18.2 Å². The molecule has 122 valence electrons. The molecule has 1 atom stereocenters. The minimum atomic E-state index is 0.0246. The third-order valence-electron chi connectivity index (χ3n) is 4.36. The molecule has 2 heterocycles. The highest BCUT2D eigenvalue weighted by Gasteiger charge is 2.15. The van der Waals surface area contributed by atoms with Crippen molar-refractivity contribution in [3.8, 4) is 0 Å². The van der Waals surface area contributed by atoms with Crippen molar-refractivity contribution in [3.63, 3.8) is 0 Å². The molecule has 22 heavy (non-hydrogen) atoms. The SMILES string of the molecule is CC[C@@H](NC(=O)CCN1CCCCCC1)c1cccc(C)n1. The summed E-state index contributed by atoms with van der Waals surface area (Å²) in [5.74, 6) is 0.138. The van der Waals surface area contributed by atoms with E-state index < -0.39 is 0 Å². The number of nitrogens with one attached hydrogen (secondary N) is 1. The average Bonchev–Trinajstić information content (AvgIpc) is 2.79. The van der Waals surface area contributed by atoms with Crippen LogP contribution in [0, 0.1) is 6.92 Å². The molecular weight excluding hydrogens is 274 g/mol. The predicted molar refractivity (Wildman–Crippen MR) is 89.7 cm³/mol. The van der Waals surface area contributed by atoms with Crippen molar-refractivity contribution in [1.29, 1.82) is 0 Å². The van der Waals surface area contributed by atoms with Crippen LogP contribution in [0.5, 0.6) is 0 Å². The van der Waals surface area contributed by atoms with Crippen LogP contribution in [0.4, 0.5) is 0 Å². The highest BCUT2D eigenvalue weighted by molar-refractivity contribution is 5.76. The van der Waals surface area contributed by atoms with E-state index in [0.717, 1.165) is 37.4 Å². The largest absolute Gasteiger partial charge is 0.348 e. The Morgan fingerprint density at radius 2 is 2.00 bits per heavy atom. The lowest BCUT2D eigenvalue weighted by molar-refractivity contribution is -0.122. The van der Waals surface area contributed by atoms with Crippen molar-refractivity contribution in [2.75, 3.05) is 19.6 Å². The number of aryl methyl sites for hydroxylation is 1. The number of hydrogen-bond donors (Lipinski definition) is 1. The molecule has 0 saturated carbocycles. The Balaban J connectivity index is 1.81. The Morgan fingerprint density at radius 3 is 2.64 bits per heavy atom. The van der Waals surface area contributed by atoms with Gasteiger partial charge in [0.25, 0.3) is 0 Å². The standard InChI is InChI=1S/C18H29N3O/c1-3-16(17-10-8-9-15(2)19-17)20-18(22)11-14-21-12-6-4-5-7-13-21/h8-10,16H,3-7,11-14H2,1-2H3,(H,20,22)/t16-/m1/s1. The fourth-order valence-corrected chi connectivity index (χ4v) is 3.03. The van der Waals surface area contributed by atoms with Gasteiger partial charge in [-0.25, -0.2) is 0 Å². The lowest BCUT2D eigenvalue weighted by Crippen LogP contribution is -2.33. The Morgan fingerprint density at radius 1 is 1.27 bits per heavy atom. The summed E-state index contributed by atoms with van der Waals surface area (Å²) in [6.07, 6.45) is 6.66. The van der Waals surface area contributed by atoms with Crippen LogP contribution in [0.1, 0.15) is 62.9 Å². The third-order valence-corrected chi connectivity index (χ3v) is 4.36. The van der Waals surface area contributed by atoms with E-state index in [2.05, 4.69) is 22.1 Å². The fraction of sp³-hybridized carbons (Fsp3) is 0.667. The number of pyridine rings is 1. The van der Waals surface area contributed by atoms with Gasteiger partial charge in [-0.1, -0.05) is 25.8 Å². The van der Waals surface area contributed by atoms with Crippen LogP contribution in [0.2, 0.25) is 0 Å². The first-order valence-electron chi connectivity index (χ1n) is 8.64. The van der Waals surface area contributed by atoms with E-state index >= 15 is 0 Å². The molecule has 1 aliphatic heterocycles. The van der Waals surface area contributed by atoms with Crippen molar-refractivity contribution < 1.29 is 4.79 Å². The zero-order valence-corrected chi connectivity index (χ0v) is 14.0. The molecule has 0 unspecified atom stereocenters. The molecule has 2 rings (SSSR count). The fourth-order valence-electron chi connectivity index (χ4n) is 3.03. The molecule has 0 aliphatic carbocycles. The van der Waals surface area contributed by atoms with Crippen molar-refractivity contribution >= 4 is 5.91 Å². The molecule has 1 saturated heterocycles. The predicted octanol–water partition coefficient (Wildman–Crippen LogP) is 3.22. The lowest BCUT2D eigenvalue weighted by atomic mass is 10.1. The number of nitrogens with zero attached hydrogens (tertiary/aromatic N) is 2. The van der Waals surface area contributed by atoms with E-state index in [-0.39, 0.29) is 11.9 Å². The lowest BCUT2D eigenvalue weighted by Gasteiger charge is -2.21. The van der Waals surface area contributed by atoms with E-state index in [1.807, 2.05) is 25.1 Å². The van der Waals surface area contributed by atoms with Gasteiger partial charge in [-0.15, -0.1) is 0 Å². The summed E-state index contributed by atoms with van der Waals surface area (Å²) in [5.41, 5.74) is 1.96. The number of rotatable bonds is 6. The van der Waals surface area contributed by atoms with Gasteiger partial charge in [0.1, 0.15) is 0 Å². The van der Waals surface area contributed by atoms with Gasteiger partial charge in [0, 0.05) is 18.7 Å². The zero-order chi connectivity index (χ0) is 15.8. The number of carbonyl (C=O) groups excluding carboxylic acids is 1. The van der Waals surface area contributed by atoms with E-state index in [4.69, 9.17) is 0 Å². The molecule has 0 bridgehead atoms. The Labute approximate surface area is 134 Å². The first-order valence-corrected chi connectivity index (χ1v) is 8.64. The second-order valence-corrected chi connectivity index (χ2v) is 6.24. The van der Waals surface area contributed by atoms with Gasteiger partial charge >= 0.3 is 0 Å². The molecule has 4 heteroatoms. The molecule has 1 aliphatic rings. The molecule has 0 spiro atoms. The summed E-state index contributed by atoms with van der Waals surface area (Å²) < 4.78 is 0. The van der Waals surface area contributed by atoms with Crippen molar-refractivity contribution in [1.82, 2.24) is 15.2 Å². The van der Waals surface area contributed by atoms with E-state index in [0.29, 0.717) is 6.42 Å². The number of carbonyl (C=O) groups is 1. The summed E-state index contributed by atoms with van der Waals surface area (Å²) in [7, 11) is 0. The number of aromatic nitrogens is 1. The van der Waals surface area contributed by atoms with Crippen LogP contribution in [0.25, 0.3) is 0 Å². The minimum absolute atomic E-state index is 0.0246. The summed E-state index contributed by atoms with van der Waals surface area (Å²) in [6, 6.07) is 6.01. The second kappa shape index (κ2) is 8.89. The Bertz CT molecular complexity index is 467. The van der Waals surface area contributed by atoms with E-state index in [1.54, 1.807) is 0 Å². The molecule has 1 N–H and O–H groups in total. The summed E-state index contributed by atoms with van der Waals surface area (Å²) in [6.45, 7) is 7.23. The van der Waals surface area contributed by atoms with E-state index in [9.17, 15) is 4.79 Å². The Kier molecular flexibility index (Phi) is 6.84. The monoisotopic (exact) mass is 303 g/mol. The number of amides is 1. The van der Waals surface area contributed by atoms with Gasteiger partial charge in [0.05, 0.1) is 11.7 Å². The number of likely N-dealkylation sites (tertiary alicyclic amines) is 1. The smallest absolute Gasteiger partial charge is 0.221 e. The van der Waals surface area contributed by atoms with Gasteiger partial charge in [-0.3, -0.25) is 9.78 Å². The maximum absolute atomic E-state index is 12.2. The van der Waals surface area contributed by atoms with Crippen LogP contribution < -0.4 is 5.32 Å². The summed E-state index contributed by atoms with van der Waals surface area (Å²) in [5, 5.41) is 3.14. The first-order chi connectivity index (χ1) is 10.7. The number of hydrogen-bond acceptors (Lipinski definition) is 3. The third kappa shape index (κ3) is 5.41. The highest BCUT2D eigenvalue weighted by atomic mass is 16.1. The quantitative estimate of drug-likeness (QED) is 0.877. The molecule has 4 nitrogen and oxygen atoms in total. The molecule has 0 aromatic carbocycles. The van der Waals surface area contributed by atoms with Crippen LogP contribution >= 0.6 is 0 Å².